The van der Waals surface area contributed by atoms with E-state index in [1.54, 1.807) is 0 Å². The summed E-state index contributed by atoms with van der Waals surface area (Å²) in [6.45, 7) is 25.2. The smallest absolute Gasteiger partial charge is 0.0698 e. The minimum absolute atomic E-state index is 0.0499. The molecule has 16 atom stereocenters. The van der Waals surface area contributed by atoms with Crippen molar-refractivity contribution in [3.63, 3.8) is 0 Å². The van der Waals surface area contributed by atoms with Crippen molar-refractivity contribution in [1.82, 2.24) is 0 Å². The summed E-state index contributed by atoms with van der Waals surface area (Å²) >= 11 is 0. The standard InChI is InChI=1S/C37H68O4/c1-12-24(6)41-34-35(9)20-23(5)29(26(8)38)33(40)37(35,11)25(7)31-32(39)30-22(4)17-15-18-27(30)28(36(31,34)10)19-14-13-16-21(2)3/h21-34,38-40H,12-20H2,1-11H3. The lowest BCUT2D eigenvalue weighted by molar-refractivity contribution is -0.346. The van der Waals surface area contributed by atoms with Gasteiger partial charge in [-0.15, -0.1) is 0 Å². The van der Waals surface area contributed by atoms with E-state index in [9.17, 15) is 15.3 Å². The van der Waals surface area contributed by atoms with Crippen LogP contribution in [0.3, 0.4) is 0 Å². The third-order valence-electron chi connectivity index (χ3n) is 14.4. The van der Waals surface area contributed by atoms with Gasteiger partial charge in [0.05, 0.1) is 30.5 Å². The molecule has 0 aliphatic heterocycles. The Labute approximate surface area is 253 Å². The second kappa shape index (κ2) is 12.3. The van der Waals surface area contributed by atoms with Gasteiger partial charge in [0.1, 0.15) is 0 Å². The quantitative estimate of drug-likeness (QED) is 0.243. The first-order chi connectivity index (χ1) is 19.1. The summed E-state index contributed by atoms with van der Waals surface area (Å²) in [5.74, 6) is 2.82. The maximum atomic E-state index is 12.6. The van der Waals surface area contributed by atoms with Crippen molar-refractivity contribution in [3.05, 3.63) is 0 Å². The third-order valence-corrected chi connectivity index (χ3v) is 14.4. The third kappa shape index (κ3) is 5.19. The van der Waals surface area contributed by atoms with Crippen LogP contribution < -0.4 is 0 Å². The molecular weight excluding hydrogens is 508 g/mol. The van der Waals surface area contributed by atoms with E-state index in [4.69, 9.17) is 4.74 Å². The highest BCUT2D eigenvalue weighted by Crippen LogP contribution is 2.75. The van der Waals surface area contributed by atoms with Crippen molar-refractivity contribution < 1.29 is 20.1 Å². The Kier molecular flexibility index (Phi) is 10.1. The van der Waals surface area contributed by atoms with Crippen molar-refractivity contribution in [1.29, 1.82) is 0 Å². The summed E-state index contributed by atoms with van der Waals surface area (Å²) in [6.07, 6.45) is 9.10. The van der Waals surface area contributed by atoms with Crippen molar-refractivity contribution in [2.45, 2.75) is 164 Å². The molecule has 0 spiro atoms. The molecule has 4 rings (SSSR count). The van der Waals surface area contributed by atoms with Gasteiger partial charge in [0.25, 0.3) is 0 Å². The molecular formula is C37H68O4. The molecule has 0 aromatic heterocycles. The molecule has 0 bridgehead atoms. The highest BCUT2D eigenvalue weighted by atomic mass is 16.5. The Balaban J connectivity index is 1.91. The van der Waals surface area contributed by atoms with E-state index in [2.05, 4.69) is 69.2 Å². The van der Waals surface area contributed by atoms with Gasteiger partial charge in [-0.05, 0) is 86.9 Å². The summed E-state index contributed by atoms with van der Waals surface area (Å²) in [7, 11) is 0. The van der Waals surface area contributed by atoms with Crippen LogP contribution in [0.15, 0.2) is 0 Å². The van der Waals surface area contributed by atoms with E-state index in [1.165, 1.54) is 44.9 Å². The van der Waals surface area contributed by atoms with Gasteiger partial charge in [-0.3, -0.25) is 0 Å². The molecule has 0 radical (unpaired) electrons. The van der Waals surface area contributed by atoms with E-state index in [0.717, 1.165) is 18.8 Å². The average Bonchev–Trinajstić information content (AvgIpc) is 2.88. The van der Waals surface area contributed by atoms with Crippen molar-refractivity contribution in [2.75, 3.05) is 0 Å². The van der Waals surface area contributed by atoms with Crippen LogP contribution in [0.2, 0.25) is 0 Å². The molecule has 16 unspecified atom stereocenters. The fraction of sp³-hybridized carbons (Fsp3) is 1.00. The summed E-state index contributed by atoms with van der Waals surface area (Å²) in [5.41, 5.74) is -0.921. The molecule has 0 amide bonds. The van der Waals surface area contributed by atoms with E-state index < -0.39 is 17.6 Å². The fourth-order valence-corrected chi connectivity index (χ4v) is 12.2. The predicted molar refractivity (Wildman–Crippen MR) is 169 cm³/mol. The Hall–Kier alpha value is -0.160. The summed E-state index contributed by atoms with van der Waals surface area (Å²) in [5, 5.41) is 35.9. The van der Waals surface area contributed by atoms with E-state index in [1.807, 2.05) is 6.92 Å². The molecule has 4 saturated carbocycles. The number of hydrogen-bond donors (Lipinski definition) is 3. The highest BCUT2D eigenvalue weighted by molar-refractivity contribution is 5.23. The van der Waals surface area contributed by atoms with Gasteiger partial charge in [-0.1, -0.05) is 94.4 Å². The summed E-state index contributed by atoms with van der Waals surface area (Å²) in [4.78, 5) is 0. The first-order valence-corrected chi connectivity index (χ1v) is 17.8. The van der Waals surface area contributed by atoms with Gasteiger partial charge in [-0.25, -0.2) is 0 Å². The van der Waals surface area contributed by atoms with Crippen LogP contribution >= 0.6 is 0 Å². The number of hydrogen-bond acceptors (Lipinski definition) is 4. The van der Waals surface area contributed by atoms with Gasteiger partial charge in [0.2, 0.25) is 0 Å². The van der Waals surface area contributed by atoms with Crippen LogP contribution in [-0.2, 0) is 4.74 Å². The van der Waals surface area contributed by atoms with Crippen LogP contribution in [0, 0.1) is 69.5 Å². The zero-order chi connectivity index (χ0) is 30.7. The van der Waals surface area contributed by atoms with E-state index in [-0.39, 0.29) is 52.8 Å². The second-order valence-corrected chi connectivity index (χ2v) is 17.0. The van der Waals surface area contributed by atoms with Gasteiger partial charge in [0, 0.05) is 22.2 Å². The monoisotopic (exact) mass is 577 g/mol. The molecule has 0 saturated heterocycles. The van der Waals surface area contributed by atoms with Gasteiger partial charge in [0.15, 0.2) is 0 Å². The van der Waals surface area contributed by atoms with Crippen molar-refractivity contribution in [2.24, 2.45) is 69.5 Å². The molecule has 0 heterocycles. The van der Waals surface area contributed by atoms with E-state index >= 15 is 0 Å². The number of fused-ring (bicyclic) bond motifs is 3. The molecule has 4 fully saturated rings. The fourth-order valence-electron chi connectivity index (χ4n) is 12.2. The highest BCUT2D eigenvalue weighted by Gasteiger charge is 2.76. The Morgan fingerprint density at radius 2 is 1.59 bits per heavy atom. The predicted octanol–water partition coefficient (Wildman–Crippen LogP) is 8.11. The number of unbranched alkanes of at least 4 members (excludes halogenated alkanes) is 1. The number of aliphatic hydroxyl groups is 3. The maximum absolute atomic E-state index is 12.6. The lowest BCUT2D eigenvalue weighted by atomic mass is 9.31. The lowest BCUT2D eigenvalue weighted by Crippen LogP contribution is -2.77. The zero-order valence-electron chi connectivity index (χ0n) is 28.7. The Bertz CT molecular complexity index is 873. The molecule has 41 heavy (non-hydrogen) atoms. The Morgan fingerprint density at radius 1 is 0.927 bits per heavy atom. The summed E-state index contributed by atoms with van der Waals surface area (Å²) < 4.78 is 7.34. The van der Waals surface area contributed by atoms with Gasteiger partial charge < -0.3 is 20.1 Å². The van der Waals surface area contributed by atoms with Gasteiger partial charge >= 0.3 is 0 Å². The van der Waals surface area contributed by atoms with Crippen LogP contribution in [0.4, 0.5) is 0 Å². The number of rotatable bonds is 9. The largest absolute Gasteiger partial charge is 0.393 e. The lowest BCUT2D eigenvalue weighted by Gasteiger charge is -2.75. The number of aliphatic hydroxyl groups excluding tert-OH is 3. The maximum Gasteiger partial charge on any atom is 0.0698 e. The molecule has 4 aliphatic rings. The zero-order valence-corrected chi connectivity index (χ0v) is 28.7. The topological polar surface area (TPSA) is 69.9 Å². The molecule has 4 nitrogen and oxygen atoms in total. The number of ether oxygens (including phenoxy) is 1. The first kappa shape index (κ1) is 33.7. The first-order valence-electron chi connectivity index (χ1n) is 17.8. The SMILES string of the molecule is CCC(C)OC1C2(C)C(CCCCC(C)C)C3CCCC(C)C3C(O)C2C(C)C2(C)C(O)C(C(C)O)C(C)CC12C. The minimum Gasteiger partial charge on any atom is -0.393 e. The second-order valence-electron chi connectivity index (χ2n) is 17.0. The molecule has 240 valence electrons. The summed E-state index contributed by atoms with van der Waals surface area (Å²) in [6, 6.07) is 0. The van der Waals surface area contributed by atoms with Crippen LogP contribution in [0.25, 0.3) is 0 Å². The van der Waals surface area contributed by atoms with Crippen molar-refractivity contribution >= 4 is 0 Å². The Morgan fingerprint density at radius 3 is 2.17 bits per heavy atom. The van der Waals surface area contributed by atoms with Crippen molar-refractivity contribution in [3.8, 4) is 0 Å². The molecule has 4 aliphatic carbocycles. The normalized spacial score (nSPS) is 51.4. The van der Waals surface area contributed by atoms with Crippen LogP contribution in [0.5, 0.6) is 0 Å². The minimum atomic E-state index is -0.642. The van der Waals surface area contributed by atoms with Crippen LogP contribution in [0.1, 0.15) is 134 Å². The molecule has 3 N–H and O–H groups in total. The van der Waals surface area contributed by atoms with Gasteiger partial charge in [-0.2, -0.15) is 0 Å². The molecule has 0 aromatic rings. The average molecular weight is 577 g/mol. The van der Waals surface area contributed by atoms with Crippen LogP contribution in [-0.4, -0.2) is 45.8 Å². The van der Waals surface area contributed by atoms with E-state index in [0.29, 0.717) is 23.7 Å². The molecule has 4 heteroatoms. The molecule has 0 aromatic carbocycles.